The molecule has 1 N–H and O–H groups in total. The van der Waals surface area contributed by atoms with E-state index in [4.69, 9.17) is 4.74 Å². The van der Waals surface area contributed by atoms with Crippen LogP contribution in [0.25, 0.3) is 11.0 Å². The number of halogens is 2. The molecule has 5 rings (SSSR count). The quantitative estimate of drug-likeness (QED) is 0.425. The third-order valence-corrected chi connectivity index (χ3v) is 7.86. The molecule has 8 heteroatoms. The van der Waals surface area contributed by atoms with Gasteiger partial charge < -0.3 is 19.5 Å². The Morgan fingerprint density at radius 2 is 2.03 bits per heavy atom. The number of aromatic nitrogens is 2. The van der Waals surface area contributed by atoms with Crippen LogP contribution in [0, 0.1) is 11.8 Å². The predicted molar refractivity (Wildman–Crippen MR) is 144 cm³/mol. The second kappa shape index (κ2) is 11.6. The minimum atomic E-state index is -0.632. The van der Waals surface area contributed by atoms with Gasteiger partial charge in [-0.2, -0.15) is 0 Å². The smallest absolute Gasteiger partial charge is 0.236 e. The SMILES string of the molecule is C/C=C\C=C(/C)COC1=C(F)C=C(F)CC1C1CC1NCC(=O)N1CCC(n2cnc3ccccc32)CC1. The normalized spacial score (nSPS) is 24.8. The summed E-state index contributed by atoms with van der Waals surface area (Å²) in [5.74, 6) is -1.10. The van der Waals surface area contributed by atoms with Crippen molar-refractivity contribution in [3.8, 4) is 0 Å². The lowest BCUT2D eigenvalue weighted by Crippen LogP contribution is -2.43. The zero-order valence-corrected chi connectivity index (χ0v) is 22.1. The fraction of sp³-hybridized carbons (Fsp3) is 0.467. The average molecular weight is 523 g/mol. The summed E-state index contributed by atoms with van der Waals surface area (Å²) in [6.07, 6.45) is 11.2. The van der Waals surface area contributed by atoms with E-state index in [1.807, 2.05) is 61.5 Å². The highest BCUT2D eigenvalue weighted by atomic mass is 19.1. The fourth-order valence-electron chi connectivity index (χ4n) is 5.66. The first-order valence-electron chi connectivity index (χ1n) is 13.5. The third-order valence-electron chi connectivity index (χ3n) is 7.86. The highest BCUT2D eigenvalue weighted by molar-refractivity contribution is 5.78. The maximum absolute atomic E-state index is 14.7. The number of para-hydroxylation sites is 2. The Kier molecular flexibility index (Phi) is 8.07. The summed E-state index contributed by atoms with van der Waals surface area (Å²) in [5, 5.41) is 3.34. The molecular weight excluding hydrogens is 486 g/mol. The van der Waals surface area contributed by atoms with Crippen molar-refractivity contribution >= 4 is 16.9 Å². The van der Waals surface area contributed by atoms with Gasteiger partial charge in [0.15, 0.2) is 5.83 Å². The van der Waals surface area contributed by atoms with E-state index in [0.717, 1.165) is 41.9 Å². The van der Waals surface area contributed by atoms with Gasteiger partial charge in [-0.25, -0.2) is 13.8 Å². The van der Waals surface area contributed by atoms with Crippen molar-refractivity contribution in [1.82, 2.24) is 19.8 Å². The molecule has 0 spiro atoms. The maximum Gasteiger partial charge on any atom is 0.236 e. The molecular formula is C30H36F2N4O2. The van der Waals surface area contributed by atoms with Crippen molar-refractivity contribution in [3.63, 3.8) is 0 Å². The zero-order valence-electron chi connectivity index (χ0n) is 22.1. The lowest BCUT2D eigenvalue weighted by molar-refractivity contribution is -0.131. The minimum Gasteiger partial charge on any atom is -0.490 e. The number of likely N-dealkylation sites (tertiary alicyclic amines) is 1. The fourth-order valence-corrected chi connectivity index (χ4v) is 5.66. The Hall–Kier alpha value is -3.26. The molecule has 0 radical (unpaired) electrons. The number of carbonyl (C=O) groups excluding carboxylic acids is 1. The number of ether oxygens (including phenoxy) is 1. The average Bonchev–Trinajstić information content (AvgIpc) is 3.57. The summed E-state index contributed by atoms with van der Waals surface area (Å²) >= 11 is 0. The molecule has 2 aliphatic carbocycles. The summed E-state index contributed by atoms with van der Waals surface area (Å²) in [6.45, 7) is 5.74. The first kappa shape index (κ1) is 26.4. The van der Waals surface area contributed by atoms with Gasteiger partial charge in [0.1, 0.15) is 18.2 Å². The van der Waals surface area contributed by atoms with Crippen LogP contribution in [0.5, 0.6) is 0 Å². The van der Waals surface area contributed by atoms with Crippen molar-refractivity contribution in [2.75, 3.05) is 26.2 Å². The molecule has 1 saturated carbocycles. The second-order valence-corrected chi connectivity index (χ2v) is 10.6. The van der Waals surface area contributed by atoms with Crippen molar-refractivity contribution in [2.45, 2.75) is 51.6 Å². The lowest BCUT2D eigenvalue weighted by Gasteiger charge is -2.33. The van der Waals surface area contributed by atoms with E-state index in [2.05, 4.69) is 20.9 Å². The number of amides is 1. The number of nitrogens with one attached hydrogen (secondary N) is 1. The number of rotatable bonds is 9. The van der Waals surface area contributed by atoms with E-state index in [0.29, 0.717) is 19.1 Å². The van der Waals surface area contributed by atoms with Crippen molar-refractivity contribution < 1.29 is 18.3 Å². The molecule has 202 valence electrons. The molecule has 6 nitrogen and oxygen atoms in total. The Balaban J connectivity index is 1.11. The van der Waals surface area contributed by atoms with Crippen LogP contribution in [0.4, 0.5) is 8.78 Å². The van der Waals surface area contributed by atoms with Crippen LogP contribution in [-0.4, -0.2) is 52.6 Å². The molecule has 0 bridgehead atoms. The van der Waals surface area contributed by atoms with Gasteiger partial charge in [-0.1, -0.05) is 30.4 Å². The van der Waals surface area contributed by atoms with Crippen LogP contribution in [0.1, 0.15) is 45.6 Å². The van der Waals surface area contributed by atoms with Gasteiger partial charge in [-0.15, -0.1) is 0 Å². The summed E-state index contributed by atoms with van der Waals surface area (Å²) in [5.41, 5.74) is 3.08. The van der Waals surface area contributed by atoms with Crippen molar-refractivity contribution in [3.05, 3.63) is 77.9 Å². The molecule has 3 atom stereocenters. The van der Waals surface area contributed by atoms with Gasteiger partial charge >= 0.3 is 0 Å². The highest BCUT2D eigenvalue weighted by Crippen LogP contribution is 2.47. The summed E-state index contributed by atoms with van der Waals surface area (Å²) in [6, 6.07) is 8.50. The highest BCUT2D eigenvalue weighted by Gasteiger charge is 2.47. The van der Waals surface area contributed by atoms with Gasteiger partial charge in [0, 0.05) is 43.6 Å². The topological polar surface area (TPSA) is 59.4 Å². The molecule has 2 heterocycles. The van der Waals surface area contributed by atoms with Crippen LogP contribution in [0.15, 0.2) is 77.9 Å². The number of hydrogen-bond acceptors (Lipinski definition) is 4. The number of piperidine rings is 1. The number of imidazole rings is 1. The summed E-state index contributed by atoms with van der Waals surface area (Å²) in [4.78, 5) is 19.3. The monoisotopic (exact) mass is 522 g/mol. The molecule has 1 aliphatic heterocycles. The van der Waals surface area contributed by atoms with Gasteiger partial charge in [0.05, 0.1) is 23.9 Å². The summed E-state index contributed by atoms with van der Waals surface area (Å²) < 4.78 is 36.9. The molecule has 1 saturated heterocycles. The molecule has 2 aromatic rings. The molecule has 3 unspecified atom stereocenters. The van der Waals surface area contributed by atoms with Gasteiger partial charge in [-0.05, 0) is 56.7 Å². The lowest BCUT2D eigenvalue weighted by atomic mass is 9.91. The molecule has 38 heavy (non-hydrogen) atoms. The van der Waals surface area contributed by atoms with Crippen molar-refractivity contribution in [1.29, 1.82) is 0 Å². The number of nitrogens with zero attached hydrogens (tertiary/aromatic N) is 3. The van der Waals surface area contributed by atoms with E-state index in [1.54, 1.807) is 0 Å². The second-order valence-electron chi connectivity index (χ2n) is 10.6. The number of fused-ring (bicyclic) bond motifs is 1. The van der Waals surface area contributed by atoms with Crippen LogP contribution in [0.3, 0.4) is 0 Å². The summed E-state index contributed by atoms with van der Waals surface area (Å²) in [7, 11) is 0. The Labute approximate surface area is 222 Å². The zero-order chi connectivity index (χ0) is 26.6. The van der Waals surface area contributed by atoms with E-state index < -0.39 is 11.7 Å². The van der Waals surface area contributed by atoms with Gasteiger partial charge in [0.25, 0.3) is 0 Å². The van der Waals surface area contributed by atoms with E-state index in [1.165, 1.54) is 0 Å². The van der Waals surface area contributed by atoms with Crippen LogP contribution in [-0.2, 0) is 9.53 Å². The Bertz CT molecular complexity index is 1290. The largest absolute Gasteiger partial charge is 0.490 e. The van der Waals surface area contributed by atoms with Crippen molar-refractivity contribution in [2.24, 2.45) is 11.8 Å². The molecule has 1 amide bonds. The number of carbonyl (C=O) groups is 1. The standard InChI is InChI=1S/C30H36F2N4O2/c1-3-4-7-20(2)18-38-30-24(14-21(31)15-25(30)32)23-16-27(23)33-17-29(37)35-12-10-22(11-13-35)36-19-34-26-8-5-6-9-28(26)36/h3-9,15,19,22-24,27,33H,10-14,16-18H2,1-2H3/b4-3-,20-7+. The molecule has 3 aliphatic rings. The first-order valence-corrected chi connectivity index (χ1v) is 13.5. The van der Waals surface area contributed by atoms with E-state index in [-0.39, 0.29) is 49.1 Å². The minimum absolute atomic E-state index is 0.0445. The Morgan fingerprint density at radius 3 is 2.82 bits per heavy atom. The van der Waals surface area contributed by atoms with Gasteiger partial charge in [-0.3, -0.25) is 4.79 Å². The maximum atomic E-state index is 14.7. The predicted octanol–water partition coefficient (Wildman–Crippen LogP) is 5.77. The van der Waals surface area contributed by atoms with E-state index >= 15 is 0 Å². The van der Waals surface area contributed by atoms with E-state index in [9.17, 15) is 13.6 Å². The van der Waals surface area contributed by atoms with Crippen LogP contribution < -0.4 is 5.32 Å². The van der Waals surface area contributed by atoms with Crippen LogP contribution >= 0.6 is 0 Å². The van der Waals surface area contributed by atoms with Gasteiger partial charge in [0.2, 0.25) is 5.91 Å². The first-order chi connectivity index (χ1) is 18.4. The third kappa shape index (κ3) is 5.90. The molecule has 1 aromatic carbocycles. The number of benzene rings is 1. The molecule has 1 aromatic heterocycles. The number of allylic oxidation sites excluding steroid dienone is 7. The van der Waals surface area contributed by atoms with Crippen LogP contribution in [0.2, 0.25) is 0 Å². The number of hydrogen-bond donors (Lipinski definition) is 1. The Morgan fingerprint density at radius 1 is 1.24 bits per heavy atom. The molecule has 2 fully saturated rings.